The summed E-state index contributed by atoms with van der Waals surface area (Å²) >= 11 is 0. The smallest absolute Gasteiger partial charge is 0.0614 e. The van der Waals surface area contributed by atoms with Crippen LogP contribution in [0.2, 0.25) is 0 Å². The first-order valence-electron chi connectivity index (χ1n) is 6.72. The summed E-state index contributed by atoms with van der Waals surface area (Å²) in [6.45, 7) is 5.93. The van der Waals surface area contributed by atoms with Gasteiger partial charge < -0.3 is 10.1 Å². The van der Waals surface area contributed by atoms with E-state index >= 15 is 0 Å². The van der Waals surface area contributed by atoms with Gasteiger partial charge in [-0.15, -0.1) is 0 Å². The second-order valence-electron chi connectivity index (χ2n) is 5.52. The number of piperidine rings is 1. The van der Waals surface area contributed by atoms with Crippen molar-refractivity contribution in [2.75, 3.05) is 19.6 Å². The highest BCUT2D eigenvalue weighted by Gasteiger charge is 2.25. The molecule has 0 aromatic heterocycles. The molecule has 0 bridgehead atoms. The predicted octanol–water partition coefficient (Wildman–Crippen LogP) is 2.74. The van der Waals surface area contributed by atoms with E-state index in [0.717, 1.165) is 24.6 Å². The molecule has 0 amide bonds. The molecule has 92 valence electrons. The molecule has 1 saturated carbocycles. The summed E-state index contributed by atoms with van der Waals surface area (Å²) < 4.78 is 0. The minimum atomic E-state index is 0.521. The molecule has 16 heavy (non-hydrogen) atoms. The first kappa shape index (κ1) is 11.9. The maximum Gasteiger partial charge on any atom is 0.0614 e. The molecule has 1 atom stereocenters. The lowest BCUT2D eigenvalue weighted by atomic mass is 9.86. The normalized spacial score (nSPS) is 32.1. The molecule has 2 rings (SSSR count). The Hall–Kier alpha value is -0.570. The Morgan fingerprint density at radius 2 is 2.00 bits per heavy atom. The fourth-order valence-corrected chi connectivity index (χ4v) is 2.95. The summed E-state index contributed by atoms with van der Waals surface area (Å²) in [6.07, 6.45) is 7.38. The third kappa shape index (κ3) is 2.97. The van der Waals surface area contributed by atoms with Gasteiger partial charge in [-0.1, -0.05) is 18.5 Å². The van der Waals surface area contributed by atoms with Crippen LogP contribution in [-0.2, 0) is 0 Å². The van der Waals surface area contributed by atoms with E-state index in [0.29, 0.717) is 5.92 Å². The van der Waals surface area contributed by atoms with Crippen molar-refractivity contribution in [2.24, 2.45) is 17.0 Å². The maximum absolute atomic E-state index is 9.00. The maximum atomic E-state index is 9.00. The summed E-state index contributed by atoms with van der Waals surface area (Å²) in [4.78, 5) is 2.56. The van der Waals surface area contributed by atoms with Gasteiger partial charge in [-0.2, -0.15) is 0 Å². The van der Waals surface area contributed by atoms with Gasteiger partial charge in [-0.05, 0) is 51.1 Å². The molecule has 1 unspecified atom stereocenters. The molecule has 1 heterocycles. The van der Waals surface area contributed by atoms with Crippen LogP contribution in [0.15, 0.2) is 5.16 Å². The molecule has 3 heteroatoms. The van der Waals surface area contributed by atoms with Crippen LogP contribution in [0.5, 0.6) is 0 Å². The molecule has 0 aromatic carbocycles. The van der Waals surface area contributed by atoms with E-state index in [9.17, 15) is 0 Å². The van der Waals surface area contributed by atoms with Crippen LogP contribution in [0.25, 0.3) is 0 Å². The van der Waals surface area contributed by atoms with Crippen molar-refractivity contribution in [3.8, 4) is 0 Å². The van der Waals surface area contributed by atoms with E-state index in [1.807, 2.05) is 0 Å². The molecule has 2 aliphatic rings. The second kappa shape index (κ2) is 5.67. The zero-order valence-corrected chi connectivity index (χ0v) is 10.4. The summed E-state index contributed by atoms with van der Waals surface area (Å²) in [5.41, 5.74) is 1.05. The first-order valence-corrected chi connectivity index (χ1v) is 6.72. The Morgan fingerprint density at radius 3 is 2.69 bits per heavy atom. The first-order chi connectivity index (χ1) is 7.79. The van der Waals surface area contributed by atoms with Crippen LogP contribution in [0, 0.1) is 11.8 Å². The molecule has 1 aliphatic heterocycles. The summed E-state index contributed by atoms with van der Waals surface area (Å²) in [6, 6.07) is 0. The highest BCUT2D eigenvalue weighted by atomic mass is 16.4. The molecule has 1 aliphatic carbocycles. The lowest BCUT2D eigenvalue weighted by molar-refractivity contribution is 0.173. The largest absolute Gasteiger partial charge is 0.411 e. The lowest BCUT2D eigenvalue weighted by Crippen LogP contribution is -2.39. The monoisotopic (exact) mass is 224 g/mol. The number of rotatable bonds is 2. The van der Waals surface area contributed by atoms with Gasteiger partial charge in [0, 0.05) is 12.5 Å². The molecule has 1 saturated heterocycles. The number of hydrogen-bond donors (Lipinski definition) is 1. The van der Waals surface area contributed by atoms with Gasteiger partial charge in [0.2, 0.25) is 0 Å². The number of hydrogen-bond acceptors (Lipinski definition) is 3. The molecule has 1 N–H and O–H groups in total. The van der Waals surface area contributed by atoms with Crippen LogP contribution in [-0.4, -0.2) is 35.5 Å². The molecule has 0 radical (unpaired) electrons. The number of oxime groups is 1. The zero-order chi connectivity index (χ0) is 11.4. The minimum absolute atomic E-state index is 0.521. The standard InChI is InChI=1S/C13H24N2O/c1-11-6-8-15(9-7-11)10-12-4-2-3-5-13(12)14-16/h11-12,16H,2-10H2,1H3/b14-13+. The van der Waals surface area contributed by atoms with Crippen molar-refractivity contribution in [2.45, 2.75) is 45.4 Å². The Kier molecular flexibility index (Phi) is 4.22. The van der Waals surface area contributed by atoms with Crippen LogP contribution < -0.4 is 0 Å². The topological polar surface area (TPSA) is 35.8 Å². The fourth-order valence-electron chi connectivity index (χ4n) is 2.95. The van der Waals surface area contributed by atoms with Crippen LogP contribution in [0.3, 0.4) is 0 Å². The van der Waals surface area contributed by atoms with E-state index in [-0.39, 0.29) is 0 Å². The van der Waals surface area contributed by atoms with Crippen molar-refractivity contribution in [1.82, 2.24) is 4.90 Å². The van der Waals surface area contributed by atoms with Gasteiger partial charge in [-0.25, -0.2) is 0 Å². The summed E-state index contributed by atoms with van der Waals surface area (Å²) in [7, 11) is 0. The molecule has 0 spiro atoms. The molecule has 0 aromatic rings. The van der Waals surface area contributed by atoms with Crippen molar-refractivity contribution in [3.05, 3.63) is 0 Å². The highest BCUT2D eigenvalue weighted by Crippen LogP contribution is 2.24. The summed E-state index contributed by atoms with van der Waals surface area (Å²) in [5.74, 6) is 1.42. The van der Waals surface area contributed by atoms with Crippen LogP contribution in [0.1, 0.15) is 45.4 Å². The molecular formula is C13H24N2O. The van der Waals surface area contributed by atoms with Gasteiger partial charge in [0.1, 0.15) is 0 Å². The molecule has 3 nitrogen and oxygen atoms in total. The Morgan fingerprint density at radius 1 is 1.25 bits per heavy atom. The average Bonchev–Trinajstić information content (AvgIpc) is 2.33. The zero-order valence-electron chi connectivity index (χ0n) is 10.4. The van der Waals surface area contributed by atoms with Crippen molar-refractivity contribution >= 4 is 5.71 Å². The van der Waals surface area contributed by atoms with Crippen molar-refractivity contribution in [3.63, 3.8) is 0 Å². The number of nitrogens with zero attached hydrogens (tertiary/aromatic N) is 2. The van der Waals surface area contributed by atoms with E-state index in [1.54, 1.807) is 0 Å². The van der Waals surface area contributed by atoms with Gasteiger partial charge >= 0.3 is 0 Å². The van der Waals surface area contributed by atoms with Crippen molar-refractivity contribution in [1.29, 1.82) is 0 Å². The average molecular weight is 224 g/mol. The van der Waals surface area contributed by atoms with E-state index in [4.69, 9.17) is 5.21 Å². The Labute approximate surface area is 98.5 Å². The fraction of sp³-hybridized carbons (Fsp3) is 0.923. The summed E-state index contributed by atoms with van der Waals surface area (Å²) in [5, 5.41) is 12.5. The van der Waals surface area contributed by atoms with Crippen LogP contribution in [0.4, 0.5) is 0 Å². The van der Waals surface area contributed by atoms with Crippen LogP contribution >= 0.6 is 0 Å². The number of likely N-dealkylation sites (tertiary alicyclic amines) is 1. The van der Waals surface area contributed by atoms with Gasteiger partial charge in [-0.3, -0.25) is 0 Å². The molecule has 2 fully saturated rings. The molecular weight excluding hydrogens is 200 g/mol. The quantitative estimate of drug-likeness (QED) is 0.578. The second-order valence-corrected chi connectivity index (χ2v) is 5.52. The Balaban J connectivity index is 1.83. The SMILES string of the molecule is CC1CCN(CC2CCCC/C2=N\O)CC1. The van der Waals surface area contributed by atoms with Gasteiger partial charge in [0.15, 0.2) is 0 Å². The highest BCUT2D eigenvalue weighted by molar-refractivity contribution is 5.87. The minimum Gasteiger partial charge on any atom is -0.411 e. The third-order valence-electron chi connectivity index (χ3n) is 4.19. The van der Waals surface area contributed by atoms with E-state index in [2.05, 4.69) is 17.0 Å². The predicted molar refractivity (Wildman–Crippen MR) is 66.0 cm³/mol. The van der Waals surface area contributed by atoms with E-state index < -0.39 is 0 Å². The lowest BCUT2D eigenvalue weighted by Gasteiger charge is -2.34. The van der Waals surface area contributed by atoms with Gasteiger partial charge in [0.05, 0.1) is 5.71 Å². The van der Waals surface area contributed by atoms with Gasteiger partial charge in [0.25, 0.3) is 0 Å². The van der Waals surface area contributed by atoms with Crippen molar-refractivity contribution < 1.29 is 5.21 Å². The van der Waals surface area contributed by atoms with E-state index in [1.165, 1.54) is 45.2 Å². The third-order valence-corrected chi connectivity index (χ3v) is 4.19. The Bertz CT molecular complexity index is 244.